The molecular weight excluding hydrogens is 128 g/mol. The molecule has 0 aromatic carbocycles. The Kier molecular flexibility index (Phi) is 4.20. The maximum Gasteiger partial charge on any atom is 0.208 e. The van der Waals surface area contributed by atoms with Crippen molar-refractivity contribution in [2.24, 2.45) is 0 Å². The normalized spacial score (nSPS) is 10.8. The molecule has 0 saturated heterocycles. The number of methoxy groups -OCH3 is 1. The third-order valence-corrected chi connectivity index (χ3v) is 1.16. The monoisotopic (exact) mass is 140 g/mol. The molecule has 0 unspecified atom stereocenters. The van der Waals surface area contributed by atoms with Crippen LogP contribution in [0.2, 0.25) is 0 Å². The Bertz CT molecular complexity index is 161. The standard InChI is InChI=1S/C7H12N2O/c1-3-6(4-5-8)7(9)10-2/h4-5,8-9H,3H2,1-2H3/b6-4-,8-5?,9-7?. The zero-order valence-electron chi connectivity index (χ0n) is 6.27. The molecule has 10 heavy (non-hydrogen) atoms. The van der Waals surface area contributed by atoms with Crippen molar-refractivity contribution >= 4 is 12.1 Å². The molecule has 0 aliphatic rings. The summed E-state index contributed by atoms with van der Waals surface area (Å²) in [7, 11) is 1.45. The van der Waals surface area contributed by atoms with Crippen molar-refractivity contribution in [3.63, 3.8) is 0 Å². The SMILES string of the molecule is CC/C(=C/C=N)C(=N)OC. The molecule has 0 saturated carbocycles. The molecule has 0 aliphatic carbocycles. The van der Waals surface area contributed by atoms with E-state index in [2.05, 4.69) is 4.74 Å². The van der Waals surface area contributed by atoms with Crippen LogP contribution in [-0.4, -0.2) is 19.2 Å². The van der Waals surface area contributed by atoms with Gasteiger partial charge < -0.3 is 10.1 Å². The van der Waals surface area contributed by atoms with E-state index in [4.69, 9.17) is 10.8 Å². The van der Waals surface area contributed by atoms with E-state index in [1.165, 1.54) is 7.11 Å². The predicted molar refractivity (Wildman–Crippen MR) is 41.9 cm³/mol. The highest BCUT2D eigenvalue weighted by Crippen LogP contribution is 2.00. The molecule has 3 heteroatoms. The first-order valence-corrected chi connectivity index (χ1v) is 3.08. The number of rotatable bonds is 3. The fraction of sp³-hybridized carbons (Fsp3) is 0.429. The quantitative estimate of drug-likeness (QED) is 0.454. The maximum atomic E-state index is 7.20. The highest BCUT2D eigenvalue weighted by Gasteiger charge is 1.99. The molecule has 0 spiro atoms. The first-order valence-electron chi connectivity index (χ1n) is 3.08. The zero-order chi connectivity index (χ0) is 7.98. The van der Waals surface area contributed by atoms with Crippen LogP contribution in [0.4, 0.5) is 0 Å². The summed E-state index contributed by atoms with van der Waals surface area (Å²) in [6.45, 7) is 1.92. The average molecular weight is 140 g/mol. The van der Waals surface area contributed by atoms with Crippen molar-refractivity contribution in [3.8, 4) is 0 Å². The maximum absolute atomic E-state index is 7.20. The molecule has 56 valence electrons. The van der Waals surface area contributed by atoms with Gasteiger partial charge in [0.2, 0.25) is 5.90 Å². The summed E-state index contributed by atoms with van der Waals surface area (Å²) in [5.74, 6) is 0.144. The van der Waals surface area contributed by atoms with Gasteiger partial charge in [0, 0.05) is 11.8 Å². The zero-order valence-corrected chi connectivity index (χ0v) is 6.27. The summed E-state index contributed by atoms with van der Waals surface area (Å²) < 4.78 is 4.67. The van der Waals surface area contributed by atoms with Gasteiger partial charge in [0.15, 0.2) is 0 Å². The van der Waals surface area contributed by atoms with Gasteiger partial charge in [0.1, 0.15) is 0 Å². The summed E-state index contributed by atoms with van der Waals surface area (Å²) in [5, 5.41) is 14.0. The van der Waals surface area contributed by atoms with E-state index in [1.54, 1.807) is 6.08 Å². The number of ether oxygens (including phenoxy) is 1. The molecule has 2 N–H and O–H groups in total. The fourth-order valence-corrected chi connectivity index (χ4v) is 0.586. The number of nitrogens with one attached hydrogen (secondary N) is 2. The van der Waals surface area contributed by atoms with Crippen molar-refractivity contribution in [1.29, 1.82) is 10.8 Å². The van der Waals surface area contributed by atoms with Gasteiger partial charge in [-0.15, -0.1) is 0 Å². The molecule has 0 heterocycles. The second kappa shape index (κ2) is 4.73. The molecule has 0 rings (SSSR count). The van der Waals surface area contributed by atoms with Gasteiger partial charge in [-0.05, 0) is 12.5 Å². The van der Waals surface area contributed by atoms with Crippen LogP contribution < -0.4 is 0 Å². The molecule has 3 nitrogen and oxygen atoms in total. The first kappa shape index (κ1) is 8.88. The Morgan fingerprint density at radius 2 is 2.20 bits per heavy atom. The van der Waals surface area contributed by atoms with Crippen LogP contribution in [0.15, 0.2) is 11.6 Å². The van der Waals surface area contributed by atoms with E-state index in [0.717, 1.165) is 18.2 Å². The lowest BCUT2D eigenvalue weighted by atomic mass is 10.2. The lowest BCUT2D eigenvalue weighted by Crippen LogP contribution is -2.02. The van der Waals surface area contributed by atoms with Crippen LogP contribution in [0.5, 0.6) is 0 Å². The van der Waals surface area contributed by atoms with Crippen LogP contribution in [0.25, 0.3) is 0 Å². The van der Waals surface area contributed by atoms with Gasteiger partial charge in [-0.25, -0.2) is 0 Å². The smallest absolute Gasteiger partial charge is 0.208 e. The molecule has 0 bridgehead atoms. The third-order valence-electron chi connectivity index (χ3n) is 1.16. The van der Waals surface area contributed by atoms with E-state index in [0.29, 0.717) is 0 Å². The van der Waals surface area contributed by atoms with E-state index in [-0.39, 0.29) is 5.90 Å². The largest absolute Gasteiger partial charge is 0.481 e. The van der Waals surface area contributed by atoms with Gasteiger partial charge in [-0.2, -0.15) is 0 Å². The molecule has 0 fully saturated rings. The topological polar surface area (TPSA) is 56.9 Å². The summed E-state index contributed by atoms with van der Waals surface area (Å²) in [6.07, 6.45) is 3.44. The summed E-state index contributed by atoms with van der Waals surface area (Å²) in [6, 6.07) is 0. The Balaban J connectivity index is 4.19. The first-order chi connectivity index (χ1) is 4.76. The van der Waals surface area contributed by atoms with Crippen molar-refractivity contribution in [1.82, 2.24) is 0 Å². The van der Waals surface area contributed by atoms with Crippen LogP contribution in [0.1, 0.15) is 13.3 Å². The average Bonchev–Trinajstić information content (AvgIpc) is 1.99. The van der Waals surface area contributed by atoms with E-state index in [1.807, 2.05) is 6.92 Å². The van der Waals surface area contributed by atoms with Gasteiger partial charge in [0.05, 0.1) is 7.11 Å². The van der Waals surface area contributed by atoms with E-state index in [9.17, 15) is 0 Å². The Morgan fingerprint density at radius 3 is 2.50 bits per heavy atom. The summed E-state index contributed by atoms with van der Waals surface area (Å²) >= 11 is 0. The summed E-state index contributed by atoms with van der Waals surface area (Å²) in [4.78, 5) is 0. The van der Waals surface area contributed by atoms with Gasteiger partial charge >= 0.3 is 0 Å². The van der Waals surface area contributed by atoms with Crippen molar-refractivity contribution in [2.45, 2.75) is 13.3 Å². The van der Waals surface area contributed by atoms with Gasteiger partial charge in [-0.3, -0.25) is 5.41 Å². The molecular formula is C7H12N2O. The Labute approximate surface area is 60.7 Å². The van der Waals surface area contributed by atoms with E-state index >= 15 is 0 Å². The third kappa shape index (κ3) is 2.44. The summed E-state index contributed by atoms with van der Waals surface area (Å²) in [5.41, 5.74) is 0.748. The Hall–Kier alpha value is -1.12. The van der Waals surface area contributed by atoms with Crippen LogP contribution in [0.3, 0.4) is 0 Å². The highest BCUT2D eigenvalue weighted by atomic mass is 16.5. The number of hydrogen-bond acceptors (Lipinski definition) is 3. The molecule has 0 radical (unpaired) electrons. The number of allylic oxidation sites excluding steroid dienone is 1. The lowest BCUT2D eigenvalue weighted by Gasteiger charge is -2.02. The van der Waals surface area contributed by atoms with E-state index < -0.39 is 0 Å². The molecule has 0 aromatic heterocycles. The molecule has 0 aliphatic heterocycles. The Morgan fingerprint density at radius 1 is 1.60 bits per heavy atom. The van der Waals surface area contributed by atoms with Crippen molar-refractivity contribution in [2.75, 3.05) is 7.11 Å². The minimum Gasteiger partial charge on any atom is -0.481 e. The number of hydrogen-bond donors (Lipinski definition) is 2. The fourth-order valence-electron chi connectivity index (χ4n) is 0.586. The highest BCUT2D eigenvalue weighted by molar-refractivity contribution is 5.94. The van der Waals surface area contributed by atoms with Crippen LogP contribution >= 0.6 is 0 Å². The molecule has 0 aromatic rings. The lowest BCUT2D eigenvalue weighted by molar-refractivity contribution is 0.398. The van der Waals surface area contributed by atoms with Crippen LogP contribution in [0, 0.1) is 10.8 Å². The minimum atomic E-state index is 0.144. The molecule has 0 amide bonds. The second-order valence-electron chi connectivity index (χ2n) is 1.75. The van der Waals surface area contributed by atoms with Crippen molar-refractivity contribution < 1.29 is 4.74 Å². The molecule has 0 atom stereocenters. The minimum absolute atomic E-state index is 0.144. The predicted octanol–water partition coefficient (Wildman–Crippen LogP) is 1.60. The van der Waals surface area contributed by atoms with Gasteiger partial charge in [-0.1, -0.05) is 6.92 Å². The van der Waals surface area contributed by atoms with Gasteiger partial charge in [0.25, 0.3) is 0 Å². The second-order valence-corrected chi connectivity index (χ2v) is 1.75. The van der Waals surface area contributed by atoms with Crippen LogP contribution in [-0.2, 0) is 4.74 Å². The van der Waals surface area contributed by atoms with Crippen molar-refractivity contribution in [3.05, 3.63) is 11.6 Å².